The third-order valence-corrected chi connectivity index (χ3v) is 3.97. The van der Waals surface area contributed by atoms with Crippen LogP contribution in [-0.2, 0) is 9.59 Å². The van der Waals surface area contributed by atoms with E-state index in [1.807, 2.05) is 13.8 Å². The molecule has 102 valence electrons. The molecule has 1 saturated carbocycles. The van der Waals surface area contributed by atoms with Gasteiger partial charge in [0.25, 0.3) is 0 Å². The van der Waals surface area contributed by atoms with Crippen molar-refractivity contribution >= 4 is 29.0 Å². The second-order valence-electron chi connectivity index (χ2n) is 5.42. The average Bonchev–Trinajstić information content (AvgIpc) is 2.65. The van der Waals surface area contributed by atoms with Gasteiger partial charge in [-0.2, -0.15) is 0 Å². The normalized spacial score (nSPS) is 19.6. The second-order valence-corrected chi connectivity index (χ2v) is 5.86. The zero-order chi connectivity index (χ0) is 13.9. The number of carboxylic acid groups (broad SMARTS) is 1. The molecule has 1 unspecified atom stereocenters. The van der Waals surface area contributed by atoms with E-state index < -0.39 is 17.4 Å². The van der Waals surface area contributed by atoms with E-state index in [0.717, 1.165) is 12.8 Å². The summed E-state index contributed by atoms with van der Waals surface area (Å²) in [5.74, 6) is -1.19. The Morgan fingerprint density at radius 2 is 1.78 bits per heavy atom. The molecule has 1 aliphatic carbocycles. The number of thiocarbonyl (C=S) groups is 1. The van der Waals surface area contributed by atoms with E-state index in [1.54, 1.807) is 0 Å². The van der Waals surface area contributed by atoms with Crippen molar-refractivity contribution in [3.8, 4) is 0 Å². The number of carbonyl (C=O) groups is 2. The molecule has 0 aromatic heterocycles. The Morgan fingerprint density at radius 1 is 1.28 bits per heavy atom. The number of carbonyl (C=O) groups excluding carboxylic acids is 1. The molecule has 4 nitrogen and oxygen atoms in total. The van der Waals surface area contributed by atoms with E-state index in [0.29, 0.717) is 17.8 Å². The van der Waals surface area contributed by atoms with Gasteiger partial charge in [-0.15, -0.1) is 0 Å². The molecular formula is C13H21NO3S. The standard InChI is InChI=1S/C13H21NO3S/c1-8(2)10(9(3)15)11(18)14-13(12(16)17)6-4-5-7-13/h8,10H,4-7H2,1-3H3,(H,14,18)(H,16,17). The highest BCUT2D eigenvalue weighted by molar-refractivity contribution is 7.80. The van der Waals surface area contributed by atoms with Gasteiger partial charge in [-0.25, -0.2) is 4.79 Å². The molecule has 0 heterocycles. The van der Waals surface area contributed by atoms with Crippen molar-refractivity contribution < 1.29 is 14.7 Å². The molecule has 0 aliphatic heterocycles. The maximum atomic E-state index is 11.6. The molecular weight excluding hydrogens is 250 g/mol. The molecule has 0 spiro atoms. The number of nitrogens with one attached hydrogen (secondary N) is 1. The van der Waals surface area contributed by atoms with E-state index >= 15 is 0 Å². The fraction of sp³-hybridized carbons (Fsp3) is 0.769. The Kier molecular flexibility index (Phi) is 4.85. The largest absolute Gasteiger partial charge is 0.480 e. The van der Waals surface area contributed by atoms with Crippen LogP contribution in [0.4, 0.5) is 0 Å². The van der Waals surface area contributed by atoms with Crippen LogP contribution in [0.25, 0.3) is 0 Å². The summed E-state index contributed by atoms with van der Waals surface area (Å²) in [5, 5.41) is 12.3. The summed E-state index contributed by atoms with van der Waals surface area (Å²) in [6.07, 6.45) is 2.92. The van der Waals surface area contributed by atoms with Crippen molar-refractivity contribution in [1.29, 1.82) is 0 Å². The lowest BCUT2D eigenvalue weighted by Gasteiger charge is -2.30. The smallest absolute Gasteiger partial charge is 0.329 e. The van der Waals surface area contributed by atoms with Gasteiger partial charge in [-0.05, 0) is 25.7 Å². The molecule has 0 aromatic rings. The highest BCUT2D eigenvalue weighted by atomic mass is 32.1. The van der Waals surface area contributed by atoms with E-state index in [-0.39, 0.29) is 11.7 Å². The molecule has 18 heavy (non-hydrogen) atoms. The summed E-state index contributed by atoms with van der Waals surface area (Å²) in [4.78, 5) is 23.4. The third-order valence-electron chi connectivity index (χ3n) is 3.62. The number of aliphatic carboxylic acids is 1. The van der Waals surface area contributed by atoms with Gasteiger partial charge in [0.2, 0.25) is 0 Å². The van der Waals surface area contributed by atoms with E-state index in [1.165, 1.54) is 6.92 Å². The Labute approximate surface area is 113 Å². The van der Waals surface area contributed by atoms with Gasteiger partial charge in [0.05, 0.1) is 10.9 Å². The fourth-order valence-corrected chi connectivity index (χ4v) is 3.27. The molecule has 1 rings (SSSR count). The van der Waals surface area contributed by atoms with E-state index in [4.69, 9.17) is 12.2 Å². The molecule has 0 bridgehead atoms. The van der Waals surface area contributed by atoms with Crippen molar-refractivity contribution in [2.24, 2.45) is 11.8 Å². The maximum Gasteiger partial charge on any atom is 0.329 e. The predicted molar refractivity (Wildman–Crippen MR) is 73.6 cm³/mol. The summed E-state index contributed by atoms with van der Waals surface area (Å²) in [7, 11) is 0. The topological polar surface area (TPSA) is 66.4 Å². The van der Waals surface area contributed by atoms with Gasteiger partial charge in [0, 0.05) is 0 Å². The zero-order valence-electron chi connectivity index (χ0n) is 11.2. The third kappa shape index (κ3) is 3.07. The molecule has 1 aliphatic rings. The number of hydrogen-bond acceptors (Lipinski definition) is 3. The van der Waals surface area contributed by atoms with Crippen LogP contribution in [0.3, 0.4) is 0 Å². The summed E-state index contributed by atoms with van der Waals surface area (Å²) in [6.45, 7) is 5.34. The van der Waals surface area contributed by atoms with Crippen LogP contribution in [0.1, 0.15) is 46.5 Å². The number of carboxylic acids is 1. The van der Waals surface area contributed by atoms with Gasteiger partial charge >= 0.3 is 5.97 Å². The Morgan fingerprint density at radius 3 is 2.11 bits per heavy atom. The molecule has 0 radical (unpaired) electrons. The Bertz CT molecular complexity index is 359. The Hall–Kier alpha value is -0.970. The quantitative estimate of drug-likeness (QED) is 0.750. The first-order chi connectivity index (χ1) is 8.30. The van der Waals surface area contributed by atoms with Crippen molar-refractivity contribution in [1.82, 2.24) is 5.32 Å². The average molecular weight is 271 g/mol. The van der Waals surface area contributed by atoms with E-state index in [9.17, 15) is 14.7 Å². The van der Waals surface area contributed by atoms with Gasteiger partial charge in [-0.1, -0.05) is 38.9 Å². The fourth-order valence-electron chi connectivity index (χ4n) is 2.64. The summed E-state index contributed by atoms with van der Waals surface area (Å²) >= 11 is 5.26. The van der Waals surface area contributed by atoms with Crippen LogP contribution in [0.2, 0.25) is 0 Å². The lowest BCUT2D eigenvalue weighted by atomic mass is 9.89. The van der Waals surface area contributed by atoms with Crippen LogP contribution >= 0.6 is 12.2 Å². The number of ketones is 1. The van der Waals surface area contributed by atoms with Gasteiger partial charge < -0.3 is 10.4 Å². The van der Waals surface area contributed by atoms with Gasteiger partial charge in [0.15, 0.2) is 0 Å². The molecule has 2 N–H and O–H groups in total. The number of Topliss-reactive ketones (excluding diaryl/α,β-unsaturated/α-hetero) is 1. The molecule has 5 heteroatoms. The highest BCUT2D eigenvalue weighted by Gasteiger charge is 2.43. The van der Waals surface area contributed by atoms with Crippen molar-refractivity contribution in [3.63, 3.8) is 0 Å². The van der Waals surface area contributed by atoms with Crippen molar-refractivity contribution in [2.45, 2.75) is 52.0 Å². The summed E-state index contributed by atoms with van der Waals surface area (Å²) < 4.78 is 0. The monoisotopic (exact) mass is 271 g/mol. The minimum Gasteiger partial charge on any atom is -0.480 e. The van der Waals surface area contributed by atoms with Crippen LogP contribution < -0.4 is 5.32 Å². The summed E-state index contributed by atoms with van der Waals surface area (Å²) in [6, 6.07) is 0. The number of rotatable bonds is 5. The summed E-state index contributed by atoms with van der Waals surface area (Å²) in [5.41, 5.74) is -0.959. The van der Waals surface area contributed by atoms with Crippen molar-refractivity contribution in [3.05, 3.63) is 0 Å². The molecule has 0 aromatic carbocycles. The lowest BCUT2D eigenvalue weighted by molar-refractivity contribution is -0.144. The first-order valence-corrected chi connectivity index (χ1v) is 6.77. The Balaban J connectivity index is 2.84. The predicted octanol–water partition coefficient (Wildman–Crippen LogP) is 2.16. The zero-order valence-corrected chi connectivity index (χ0v) is 12.0. The maximum absolute atomic E-state index is 11.6. The van der Waals surface area contributed by atoms with Crippen LogP contribution in [0.5, 0.6) is 0 Å². The molecule has 1 fully saturated rings. The first kappa shape index (κ1) is 15.1. The van der Waals surface area contributed by atoms with E-state index in [2.05, 4.69) is 5.32 Å². The minimum atomic E-state index is -0.959. The van der Waals surface area contributed by atoms with Gasteiger partial charge in [0.1, 0.15) is 11.3 Å². The van der Waals surface area contributed by atoms with Crippen LogP contribution in [0, 0.1) is 11.8 Å². The van der Waals surface area contributed by atoms with Crippen LogP contribution in [0.15, 0.2) is 0 Å². The SMILES string of the molecule is CC(=O)C(C(=S)NC1(C(=O)O)CCCC1)C(C)C. The number of hydrogen-bond donors (Lipinski definition) is 2. The highest BCUT2D eigenvalue weighted by Crippen LogP contribution is 2.31. The lowest BCUT2D eigenvalue weighted by Crippen LogP contribution is -2.54. The van der Waals surface area contributed by atoms with Crippen molar-refractivity contribution in [2.75, 3.05) is 0 Å². The van der Waals surface area contributed by atoms with Crippen LogP contribution in [-0.4, -0.2) is 27.4 Å². The first-order valence-electron chi connectivity index (χ1n) is 6.36. The molecule has 1 atom stereocenters. The second kappa shape index (κ2) is 5.78. The molecule has 0 saturated heterocycles. The minimum absolute atomic E-state index is 0.0129. The van der Waals surface area contributed by atoms with Gasteiger partial charge in [-0.3, -0.25) is 4.79 Å². The molecule has 0 amide bonds.